The Labute approximate surface area is 193 Å². The summed E-state index contributed by atoms with van der Waals surface area (Å²) in [5, 5.41) is 14.7. The monoisotopic (exact) mass is 448 g/mol. The first-order valence-electron chi connectivity index (χ1n) is 11.5. The summed E-state index contributed by atoms with van der Waals surface area (Å²) in [5.74, 6) is 1.26. The number of nitrogens with zero attached hydrogens (tertiary/aromatic N) is 2. The van der Waals surface area contributed by atoms with E-state index >= 15 is 0 Å². The Morgan fingerprint density at radius 3 is 2.73 bits per heavy atom. The highest BCUT2D eigenvalue weighted by Crippen LogP contribution is 2.56. The van der Waals surface area contributed by atoms with Gasteiger partial charge in [-0.3, -0.25) is 4.79 Å². The Balaban J connectivity index is 1.51. The van der Waals surface area contributed by atoms with Gasteiger partial charge in [-0.05, 0) is 29.7 Å². The number of quaternary nitrogens is 1. The molecule has 7 heteroatoms. The molecule has 2 aromatic carbocycles. The van der Waals surface area contributed by atoms with Crippen LogP contribution in [0.1, 0.15) is 23.1 Å². The fourth-order valence-electron chi connectivity index (χ4n) is 6.42. The summed E-state index contributed by atoms with van der Waals surface area (Å²) in [4.78, 5) is 15.5. The molecule has 0 unspecified atom stereocenters. The topological polar surface area (TPSA) is 71.1 Å². The van der Waals surface area contributed by atoms with Gasteiger partial charge >= 0.3 is 0 Å². The van der Waals surface area contributed by atoms with Gasteiger partial charge in [0.2, 0.25) is 6.79 Å². The van der Waals surface area contributed by atoms with Gasteiger partial charge in [0.05, 0.1) is 24.1 Å². The maximum Gasteiger partial charge on any atom is 0.282 e. The molecule has 1 aliphatic carbocycles. The van der Waals surface area contributed by atoms with Crippen LogP contribution in [0.4, 0.5) is 0 Å². The molecule has 4 aliphatic rings. The number of hydroxylamine groups is 3. The zero-order valence-electron chi connectivity index (χ0n) is 18.9. The smallest absolute Gasteiger partial charge is 0.282 e. The van der Waals surface area contributed by atoms with Gasteiger partial charge in [-0.25, -0.2) is 0 Å². The number of hydrogen-bond donors (Lipinski definition) is 0. The SMILES string of the molecule is CO[C@@H]1C=C[C@@]23c4cc5c(cc4C[N@@+]([O-])(CCc4ccccc4)[C@@H]2C(=O)N(C)[C@H]3C1)OCO5. The van der Waals surface area contributed by atoms with E-state index in [-0.39, 0.29) is 31.4 Å². The standard InChI is InChI=1S/C26H28N2O5/c1-27-23-13-19(31-2)8-10-26(23)20-14-22-21(32-16-33-22)12-18(20)15-28(30,24(26)25(27)29)11-9-17-6-4-3-5-7-17/h3-8,10,12,14,19,23-24H,9,11,13,15-16H2,1-2H3/t19-,23+,24-,26+,28+/m1/s1. The van der Waals surface area contributed by atoms with Gasteiger partial charge in [-0.15, -0.1) is 0 Å². The fourth-order valence-corrected chi connectivity index (χ4v) is 6.42. The van der Waals surface area contributed by atoms with Crippen molar-refractivity contribution >= 4 is 5.91 Å². The molecule has 6 rings (SSSR count). The number of fused-ring (bicyclic) bond motifs is 2. The van der Waals surface area contributed by atoms with Gasteiger partial charge < -0.3 is 29.0 Å². The van der Waals surface area contributed by atoms with E-state index in [0.717, 1.165) is 16.7 Å². The molecule has 0 aromatic heterocycles. The predicted molar refractivity (Wildman–Crippen MR) is 121 cm³/mol. The van der Waals surface area contributed by atoms with Gasteiger partial charge in [0.1, 0.15) is 6.54 Å². The van der Waals surface area contributed by atoms with Gasteiger partial charge in [-0.1, -0.05) is 42.5 Å². The number of carbonyl (C=O) groups is 1. The van der Waals surface area contributed by atoms with Crippen molar-refractivity contribution in [3.05, 3.63) is 76.5 Å². The number of likely N-dealkylation sites (tertiary alicyclic amines) is 1. The average molecular weight is 449 g/mol. The summed E-state index contributed by atoms with van der Waals surface area (Å²) in [7, 11) is 3.51. The summed E-state index contributed by atoms with van der Waals surface area (Å²) in [6, 6.07) is 13.1. The number of hydrogen-bond acceptors (Lipinski definition) is 5. The molecule has 1 saturated heterocycles. The van der Waals surface area contributed by atoms with Crippen molar-refractivity contribution in [3.8, 4) is 11.5 Å². The van der Waals surface area contributed by atoms with E-state index in [4.69, 9.17) is 14.2 Å². The van der Waals surface area contributed by atoms with Crippen LogP contribution in [0.2, 0.25) is 0 Å². The highest BCUT2D eigenvalue weighted by Gasteiger charge is 2.67. The summed E-state index contributed by atoms with van der Waals surface area (Å²) in [6.07, 6.45) is 5.28. The predicted octanol–water partition coefficient (Wildman–Crippen LogP) is 2.91. The molecule has 33 heavy (non-hydrogen) atoms. The molecule has 0 N–H and O–H groups in total. The van der Waals surface area contributed by atoms with E-state index in [1.165, 1.54) is 0 Å². The number of ether oxygens (including phenoxy) is 3. The molecule has 2 aromatic rings. The normalized spacial score (nSPS) is 33.6. The lowest BCUT2D eigenvalue weighted by Gasteiger charge is -2.56. The van der Waals surface area contributed by atoms with Crippen LogP contribution >= 0.6 is 0 Å². The molecule has 0 bridgehead atoms. The summed E-state index contributed by atoms with van der Waals surface area (Å²) in [5.41, 5.74) is 2.32. The molecule has 172 valence electrons. The van der Waals surface area contributed by atoms with Gasteiger partial charge in [0, 0.05) is 26.1 Å². The van der Waals surface area contributed by atoms with Gasteiger partial charge in [0.15, 0.2) is 17.5 Å². The minimum absolute atomic E-state index is 0.0900. The van der Waals surface area contributed by atoms with E-state index in [9.17, 15) is 10.0 Å². The van der Waals surface area contributed by atoms with E-state index in [2.05, 4.69) is 6.08 Å². The minimum atomic E-state index is -0.738. The average Bonchev–Trinajstić information content (AvgIpc) is 3.38. The maximum atomic E-state index is 14.7. The fraction of sp³-hybridized carbons (Fsp3) is 0.423. The number of rotatable bonds is 4. The Morgan fingerprint density at radius 1 is 1.21 bits per heavy atom. The van der Waals surface area contributed by atoms with Crippen molar-refractivity contribution in [1.82, 2.24) is 4.90 Å². The third-order valence-electron chi connectivity index (χ3n) is 7.99. The Morgan fingerprint density at radius 2 is 1.97 bits per heavy atom. The lowest BCUT2D eigenvalue weighted by molar-refractivity contribution is -0.914. The first-order valence-corrected chi connectivity index (χ1v) is 11.5. The zero-order chi connectivity index (χ0) is 22.8. The first kappa shape index (κ1) is 20.7. The second-order valence-electron chi connectivity index (χ2n) is 9.60. The molecule has 3 aliphatic heterocycles. The highest BCUT2D eigenvalue weighted by atomic mass is 16.7. The second kappa shape index (κ2) is 7.32. The molecule has 7 nitrogen and oxygen atoms in total. The molecule has 5 atom stereocenters. The summed E-state index contributed by atoms with van der Waals surface area (Å²) in [6.45, 7) is 0.737. The van der Waals surface area contributed by atoms with Crippen molar-refractivity contribution in [1.29, 1.82) is 0 Å². The molecule has 3 heterocycles. The van der Waals surface area contributed by atoms with Crippen LogP contribution in [0.15, 0.2) is 54.6 Å². The summed E-state index contributed by atoms with van der Waals surface area (Å²) >= 11 is 0. The van der Waals surface area contributed by atoms with Crippen LogP contribution in [0.5, 0.6) is 11.5 Å². The van der Waals surface area contributed by atoms with Crippen LogP contribution in [0.25, 0.3) is 0 Å². The van der Waals surface area contributed by atoms with Crippen LogP contribution in [-0.2, 0) is 27.9 Å². The number of amides is 1. The third kappa shape index (κ3) is 2.89. The van der Waals surface area contributed by atoms with Gasteiger partial charge in [0.25, 0.3) is 5.91 Å². The molecule has 1 fully saturated rings. The Bertz CT molecular complexity index is 1140. The van der Waals surface area contributed by atoms with Crippen LogP contribution < -0.4 is 9.47 Å². The number of carbonyl (C=O) groups excluding carboxylic acids is 1. The molecular formula is C26H28N2O5. The number of benzene rings is 2. The van der Waals surface area contributed by atoms with Crippen molar-refractivity contribution in [2.24, 2.45) is 0 Å². The van der Waals surface area contributed by atoms with E-state index < -0.39 is 16.1 Å². The van der Waals surface area contributed by atoms with Crippen LogP contribution in [-0.4, -0.2) is 61.1 Å². The van der Waals surface area contributed by atoms with Crippen molar-refractivity contribution in [2.75, 3.05) is 27.5 Å². The van der Waals surface area contributed by atoms with Crippen molar-refractivity contribution in [2.45, 2.75) is 43.0 Å². The van der Waals surface area contributed by atoms with E-state index in [1.807, 2.05) is 55.6 Å². The number of likely N-dealkylation sites (N-methyl/N-ethyl adjacent to an activating group) is 1. The van der Waals surface area contributed by atoms with Gasteiger partial charge in [-0.2, -0.15) is 0 Å². The maximum absolute atomic E-state index is 14.7. The first-order chi connectivity index (χ1) is 16.0. The minimum Gasteiger partial charge on any atom is -0.632 e. The second-order valence-corrected chi connectivity index (χ2v) is 9.60. The van der Waals surface area contributed by atoms with Crippen LogP contribution in [0.3, 0.4) is 0 Å². The Kier molecular flexibility index (Phi) is 4.59. The zero-order valence-corrected chi connectivity index (χ0v) is 18.9. The molecule has 0 radical (unpaired) electrons. The third-order valence-corrected chi connectivity index (χ3v) is 7.99. The van der Waals surface area contributed by atoms with E-state index in [1.54, 1.807) is 12.0 Å². The quantitative estimate of drug-likeness (QED) is 0.409. The molecular weight excluding hydrogens is 420 g/mol. The molecule has 1 spiro atoms. The largest absolute Gasteiger partial charge is 0.632 e. The lowest BCUT2D eigenvalue weighted by Crippen LogP contribution is -2.65. The van der Waals surface area contributed by atoms with Crippen LogP contribution in [0, 0.1) is 5.21 Å². The Hall–Kier alpha value is -2.87. The summed E-state index contributed by atoms with van der Waals surface area (Å²) < 4.78 is 16.4. The van der Waals surface area contributed by atoms with E-state index in [0.29, 0.717) is 30.9 Å². The van der Waals surface area contributed by atoms with Crippen molar-refractivity contribution in [3.63, 3.8) is 0 Å². The molecule has 1 amide bonds. The lowest BCUT2D eigenvalue weighted by atomic mass is 9.63. The van der Waals surface area contributed by atoms with Crippen molar-refractivity contribution < 1.29 is 23.7 Å². The highest BCUT2D eigenvalue weighted by molar-refractivity contribution is 5.88. The number of methoxy groups -OCH3 is 1. The molecule has 0 saturated carbocycles.